The second kappa shape index (κ2) is 15.6. The number of pyridine rings is 1. The minimum Gasteiger partial charge on any atom is -0.492 e. The lowest BCUT2D eigenvalue weighted by Gasteiger charge is -2.31. The highest BCUT2D eigenvalue weighted by Gasteiger charge is 2.27. The molecule has 4 N–H and O–H groups in total. The van der Waals surface area contributed by atoms with E-state index in [-0.39, 0.29) is 25.1 Å². The maximum atomic E-state index is 13.3. The summed E-state index contributed by atoms with van der Waals surface area (Å²) in [7, 11) is 4.03. The highest BCUT2D eigenvalue weighted by Crippen LogP contribution is 2.28. The number of aliphatic hydroxyl groups excluding tert-OH is 1. The fourth-order valence-electron chi connectivity index (χ4n) is 4.37. The van der Waals surface area contributed by atoms with Crippen molar-refractivity contribution in [2.45, 2.75) is 38.8 Å². The first-order valence-electron chi connectivity index (χ1n) is 13.8. The number of carbonyl (C=O) groups is 2. The number of aliphatic hydroxyl groups is 1. The maximum absolute atomic E-state index is 13.3. The SMILES string of the molecule is CC[C@@H](c1ccc(C(=O)Nc2ccccc2N)cc1)N(CCO)C(=O)O[C@@H](C)c1cncc(OCCCN(C)C)c1. The number of nitrogens with zero attached hydrogens (tertiary/aromatic N) is 3. The van der Waals surface area contributed by atoms with E-state index in [1.54, 1.807) is 67.8 Å². The predicted molar refractivity (Wildman–Crippen MR) is 160 cm³/mol. The zero-order valence-corrected chi connectivity index (χ0v) is 24.2. The van der Waals surface area contributed by atoms with Crippen molar-refractivity contribution in [1.29, 1.82) is 0 Å². The second-order valence-corrected chi connectivity index (χ2v) is 9.99. The Bertz CT molecular complexity index is 1270. The van der Waals surface area contributed by atoms with E-state index < -0.39 is 12.2 Å². The van der Waals surface area contributed by atoms with Crippen LogP contribution in [0.5, 0.6) is 5.75 Å². The van der Waals surface area contributed by atoms with E-state index in [9.17, 15) is 14.7 Å². The van der Waals surface area contributed by atoms with Gasteiger partial charge in [-0.05, 0) is 69.8 Å². The number of amides is 2. The predicted octanol–water partition coefficient (Wildman–Crippen LogP) is 4.89. The third-order valence-corrected chi connectivity index (χ3v) is 6.60. The lowest BCUT2D eigenvalue weighted by Crippen LogP contribution is -2.37. The standard InChI is InChI=1S/C31H41N5O5/c1-5-29(23-11-13-24(14-12-23)30(38)34-28-10-7-6-9-27(28)32)36(16-17-37)31(39)41-22(2)25-19-26(21-33-20-25)40-18-8-15-35(3)4/h6-7,9-14,19-22,29,37H,5,8,15-18,32H2,1-4H3,(H,34,38)/t22-,29-/m0/s1. The van der Waals surface area contributed by atoms with Gasteiger partial charge in [0.15, 0.2) is 0 Å². The van der Waals surface area contributed by atoms with Crippen molar-refractivity contribution in [2.24, 2.45) is 0 Å². The molecule has 2 atom stereocenters. The molecule has 0 fully saturated rings. The molecular formula is C31H41N5O5. The van der Waals surface area contributed by atoms with Crippen LogP contribution in [0.15, 0.2) is 67.0 Å². The summed E-state index contributed by atoms with van der Waals surface area (Å²) in [6.45, 7) is 5.06. The summed E-state index contributed by atoms with van der Waals surface area (Å²) < 4.78 is 11.6. The van der Waals surface area contributed by atoms with Crippen molar-refractivity contribution in [3.8, 4) is 5.75 Å². The van der Waals surface area contributed by atoms with Gasteiger partial charge in [0, 0.05) is 30.4 Å². The van der Waals surface area contributed by atoms with Gasteiger partial charge in [0.25, 0.3) is 5.91 Å². The van der Waals surface area contributed by atoms with Crippen LogP contribution < -0.4 is 15.8 Å². The summed E-state index contributed by atoms with van der Waals surface area (Å²) in [4.78, 5) is 33.9. The monoisotopic (exact) mass is 563 g/mol. The Balaban J connectivity index is 1.67. The number of hydrogen-bond donors (Lipinski definition) is 3. The van der Waals surface area contributed by atoms with Crippen molar-refractivity contribution in [1.82, 2.24) is 14.8 Å². The zero-order valence-electron chi connectivity index (χ0n) is 24.2. The molecule has 0 bridgehead atoms. The maximum Gasteiger partial charge on any atom is 0.410 e. The van der Waals surface area contributed by atoms with E-state index >= 15 is 0 Å². The van der Waals surface area contributed by atoms with Gasteiger partial charge in [0.05, 0.1) is 36.8 Å². The molecule has 0 spiro atoms. The first-order chi connectivity index (χ1) is 19.7. The number of nitrogens with one attached hydrogen (secondary N) is 1. The number of nitrogen functional groups attached to an aromatic ring is 1. The van der Waals surface area contributed by atoms with Gasteiger partial charge in [-0.15, -0.1) is 0 Å². The molecule has 0 radical (unpaired) electrons. The van der Waals surface area contributed by atoms with Crippen LogP contribution in [0, 0.1) is 0 Å². The van der Waals surface area contributed by atoms with Crippen LogP contribution >= 0.6 is 0 Å². The van der Waals surface area contributed by atoms with E-state index in [1.807, 2.05) is 27.1 Å². The molecule has 0 saturated carbocycles. The molecule has 3 aromatic rings. The number of ether oxygens (including phenoxy) is 2. The van der Waals surface area contributed by atoms with E-state index in [1.165, 1.54) is 4.90 Å². The van der Waals surface area contributed by atoms with E-state index in [0.717, 1.165) is 18.5 Å². The minimum absolute atomic E-state index is 0.0901. The number of nitrogens with two attached hydrogens (primary N) is 1. The van der Waals surface area contributed by atoms with Crippen molar-refractivity contribution in [2.75, 3.05) is 51.4 Å². The fraction of sp³-hybridized carbons (Fsp3) is 0.387. The first-order valence-corrected chi connectivity index (χ1v) is 13.8. The zero-order chi connectivity index (χ0) is 29.8. The quantitative estimate of drug-likeness (QED) is 0.187. The summed E-state index contributed by atoms with van der Waals surface area (Å²) in [5.41, 5.74) is 8.92. The fourth-order valence-corrected chi connectivity index (χ4v) is 4.37. The highest BCUT2D eigenvalue weighted by molar-refractivity contribution is 6.05. The lowest BCUT2D eigenvalue weighted by atomic mass is 10.0. The number of rotatable bonds is 14. The van der Waals surface area contributed by atoms with Gasteiger partial charge >= 0.3 is 6.09 Å². The van der Waals surface area contributed by atoms with Crippen LogP contribution in [0.2, 0.25) is 0 Å². The molecule has 1 heterocycles. The number of anilines is 2. The number of hydrogen-bond acceptors (Lipinski definition) is 8. The molecule has 0 unspecified atom stereocenters. The average Bonchev–Trinajstić information content (AvgIpc) is 2.96. The Morgan fingerprint density at radius 3 is 2.44 bits per heavy atom. The Morgan fingerprint density at radius 2 is 1.78 bits per heavy atom. The summed E-state index contributed by atoms with van der Waals surface area (Å²) in [5, 5.41) is 12.6. The third kappa shape index (κ3) is 9.19. The third-order valence-electron chi connectivity index (χ3n) is 6.60. The minimum atomic E-state index is -0.587. The lowest BCUT2D eigenvalue weighted by molar-refractivity contribution is 0.0488. The molecule has 0 aliphatic heterocycles. The first kappa shape index (κ1) is 31.4. The molecule has 0 saturated heterocycles. The number of benzene rings is 2. The van der Waals surface area contributed by atoms with E-state index in [2.05, 4.69) is 15.2 Å². The summed E-state index contributed by atoms with van der Waals surface area (Å²) in [5.74, 6) is 0.322. The molecule has 2 aromatic carbocycles. The van der Waals surface area contributed by atoms with E-state index in [4.69, 9.17) is 15.2 Å². The van der Waals surface area contributed by atoms with Crippen LogP contribution in [0.1, 0.15) is 60.3 Å². The van der Waals surface area contributed by atoms with Crippen LogP contribution in [0.25, 0.3) is 0 Å². The van der Waals surface area contributed by atoms with Crippen molar-refractivity contribution in [3.05, 3.63) is 83.7 Å². The van der Waals surface area contributed by atoms with Crippen LogP contribution in [-0.4, -0.2) is 72.3 Å². The van der Waals surface area contributed by atoms with Gasteiger partial charge in [0.1, 0.15) is 11.9 Å². The van der Waals surface area contributed by atoms with Gasteiger partial charge in [-0.3, -0.25) is 14.7 Å². The summed E-state index contributed by atoms with van der Waals surface area (Å²) in [6, 6.07) is 15.5. The Kier molecular flexibility index (Phi) is 11.9. The molecule has 220 valence electrons. The van der Waals surface area contributed by atoms with Crippen molar-refractivity contribution >= 4 is 23.4 Å². The topological polar surface area (TPSA) is 130 Å². The summed E-state index contributed by atoms with van der Waals surface area (Å²) >= 11 is 0. The normalized spacial score (nSPS) is 12.4. The van der Waals surface area contributed by atoms with Gasteiger partial charge in [0.2, 0.25) is 0 Å². The van der Waals surface area contributed by atoms with Crippen LogP contribution in [0.3, 0.4) is 0 Å². The molecule has 0 aliphatic carbocycles. The molecule has 3 rings (SSSR count). The molecule has 0 aliphatic rings. The highest BCUT2D eigenvalue weighted by atomic mass is 16.6. The summed E-state index contributed by atoms with van der Waals surface area (Å²) in [6.07, 6.45) is 3.59. The van der Waals surface area contributed by atoms with Crippen molar-refractivity contribution in [3.63, 3.8) is 0 Å². The Hall–Kier alpha value is -4.15. The molecular weight excluding hydrogens is 522 g/mol. The molecule has 2 amide bonds. The van der Waals surface area contributed by atoms with Crippen LogP contribution in [0.4, 0.5) is 16.2 Å². The number of carbonyl (C=O) groups excluding carboxylic acids is 2. The van der Waals surface area contributed by atoms with E-state index in [0.29, 0.717) is 41.3 Å². The molecule has 41 heavy (non-hydrogen) atoms. The molecule has 1 aromatic heterocycles. The molecule has 10 nitrogen and oxygen atoms in total. The second-order valence-electron chi connectivity index (χ2n) is 9.99. The Labute approximate surface area is 242 Å². The Morgan fingerprint density at radius 1 is 1.05 bits per heavy atom. The largest absolute Gasteiger partial charge is 0.492 e. The van der Waals surface area contributed by atoms with Gasteiger partial charge in [-0.1, -0.05) is 31.2 Å². The van der Waals surface area contributed by atoms with Crippen LogP contribution in [-0.2, 0) is 4.74 Å². The van der Waals surface area contributed by atoms with Gasteiger partial charge < -0.3 is 30.5 Å². The average molecular weight is 564 g/mol. The molecule has 10 heteroatoms. The van der Waals surface area contributed by atoms with Crippen molar-refractivity contribution < 1.29 is 24.2 Å². The van der Waals surface area contributed by atoms with Gasteiger partial charge in [-0.25, -0.2) is 4.79 Å². The van der Waals surface area contributed by atoms with Gasteiger partial charge in [-0.2, -0.15) is 0 Å². The smallest absolute Gasteiger partial charge is 0.410 e. The number of para-hydroxylation sites is 2. The number of aromatic nitrogens is 1.